The van der Waals surface area contributed by atoms with Crippen LogP contribution < -0.4 is 16.0 Å². The molecule has 0 radical (unpaired) electrons. The third-order valence-electron chi connectivity index (χ3n) is 3.13. The number of hydrogen-bond acceptors (Lipinski definition) is 3. The predicted molar refractivity (Wildman–Crippen MR) is 78.3 cm³/mol. The maximum absolute atomic E-state index is 13.3. The molecule has 0 spiro atoms. The van der Waals surface area contributed by atoms with Gasteiger partial charge in [0.25, 0.3) is 0 Å². The monoisotopic (exact) mass is 293 g/mol. The van der Waals surface area contributed by atoms with Gasteiger partial charge in [0.2, 0.25) is 11.8 Å². The lowest BCUT2D eigenvalue weighted by atomic mass is 10.3. The third-order valence-corrected chi connectivity index (χ3v) is 3.13. The second-order valence-corrected chi connectivity index (χ2v) is 5.15. The first kappa shape index (κ1) is 15.4. The highest BCUT2D eigenvalue weighted by atomic mass is 19.1. The van der Waals surface area contributed by atoms with Crippen molar-refractivity contribution < 1.29 is 14.0 Å². The van der Waals surface area contributed by atoms with Crippen LogP contribution in [0, 0.1) is 5.82 Å². The number of carbonyl (C=O) groups excluding carboxylic acids is 2. The molecular weight excluding hydrogens is 273 g/mol. The van der Waals surface area contributed by atoms with Gasteiger partial charge in [0.1, 0.15) is 5.82 Å². The summed E-state index contributed by atoms with van der Waals surface area (Å²) in [6, 6.07) is 6.41. The van der Waals surface area contributed by atoms with Crippen LogP contribution in [0.25, 0.3) is 0 Å². The minimum absolute atomic E-state index is 0.0649. The van der Waals surface area contributed by atoms with Gasteiger partial charge in [0, 0.05) is 12.5 Å². The van der Waals surface area contributed by atoms with E-state index in [2.05, 4.69) is 16.0 Å². The molecule has 1 aliphatic carbocycles. The average molecular weight is 293 g/mol. The lowest BCUT2D eigenvalue weighted by molar-refractivity contribution is -0.121. The molecule has 2 rings (SSSR count). The fourth-order valence-corrected chi connectivity index (χ4v) is 1.86. The summed E-state index contributed by atoms with van der Waals surface area (Å²) in [5, 5.41) is 8.33. The average Bonchev–Trinajstić information content (AvgIpc) is 3.25. The molecule has 0 heterocycles. The van der Waals surface area contributed by atoms with E-state index in [0.717, 1.165) is 12.8 Å². The van der Waals surface area contributed by atoms with Crippen molar-refractivity contribution in [3.63, 3.8) is 0 Å². The van der Waals surface area contributed by atoms with E-state index in [0.29, 0.717) is 25.4 Å². The van der Waals surface area contributed by atoms with E-state index in [4.69, 9.17) is 0 Å². The number of nitrogens with one attached hydrogen (secondary N) is 3. The Hall–Kier alpha value is -1.95. The van der Waals surface area contributed by atoms with Crippen LogP contribution in [-0.2, 0) is 9.59 Å². The number of halogens is 1. The van der Waals surface area contributed by atoms with E-state index in [-0.39, 0.29) is 24.0 Å². The number of hydrogen-bond donors (Lipinski definition) is 3. The Bertz CT molecular complexity index is 503. The van der Waals surface area contributed by atoms with Crippen molar-refractivity contribution in [1.82, 2.24) is 10.6 Å². The lowest BCUT2D eigenvalue weighted by Crippen LogP contribution is -2.30. The first-order valence-electron chi connectivity index (χ1n) is 7.19. The maximum atomic E-state index is 13.3. The molecule has 0 atom stereocenters. The Morgan fingerprint density at radius 3 is 2.67 bits per heavy atom. The molecule has 0 bridgehead atoms. The largest absolute Gasteiger partial charge is 0.353 e. The molecule has 1 aromatic carbocycles. The summed E-state index contributed by atoms with van der Waals surface area (Å²) in [4.78, 5) is 23.0. The molecule has 6 heteroatoms. The van der Waals surface area contributed by atoms with E-state index in [1.165, 1.54) is 12.1 Å². The summed E-state index contributed by atoms with van der Waals surface area (Å²) in [7, 11) is 0. The van der Waals surface area contributed by atoms with E-state index < -0.39 is 5.82 Å². The molecule has 1 aliphatic rings. The zero-order valence-electron chi connectivity index (χ0n) is 11.8. The lowest BCUT2D eigenvalue weighted by Gasteiger charge is -2.07. The topological polar surface area (TPSA) is 70.2 Å². The Morgan fingerprint density at radius 1 is 1.19 bits per heavy atom. The second-order valence-electron chi connectivity index (χ2n) is 5.15. The minimum Gasteiger partial charge on any atom is -0.353 e. The van der Waals surface area contributed by atoms with Crippen LogP contribution in [0.2, 0.25) is 0 Å². The van der Waals surface area contributed by atoms with E-state index in [1.54, 1.807) is 12.1 Å². The highest BCUT2D eigenvalue weighted by Crippen LogP contribution is 2.18. The van der Waals surface area contributed by atoms with Gasteiger partial charge in [-0.1, -0.05) is 12.1 Å². The molecule has 0 saturated heterocycles. The van der Waals surface area contributed by atoms with Crippen molar-refractivity contribution in [1.29, 1.82) is 0 Å². The minimum atomic E-state index is -0.456. The zero-order valence-corrected chi connectivity index (χ0v) is 11.8. The number of benzene rings is 1. The summed E-state index contributed by atoms with van der Waals surface area (Å²) >= 11 is 0. The zero-order chi connectivity index (χ0) is 15.1. The van der Waals surface area contributed by atoms with Crippen molar-refractivity contribution in [3.05, 3.63) is 30.1 Å². The molecule has 114 valence electrons. The normalized spacial score (nSPS) is 13.8. The van der Waals surface area contributed by atoms with E-state index in [9.17, 15) is 14.0 Å². The van der Waals surface area contributed by atoms with Crippen molar-refractivity contribution in [2.24, 2.45) is 0 Å². The van der Waals surface area contributed by atoms with Crippen LogP contribution in [0.1, 0.15) is 25.7 Å². The molecule has 3 N–H and O–H groups in total. The smallest absolute Gasteiger partial charge is 0.238 e. The van der Waals surface area contributed by atoms with Gasteiger partial charge in [0.05, 0.1) is 12.2 Å². The van der Waals surface area contributed by atoms with Crippen molar-refractivity contribution >= 4 is 17.5 Å². The molecule has 0 aromatic heterocycles. The molecule has 2 amide bonds. The Kier molecular flexibility index (Phi) is 5.68. The number of para-hydroxylation sites is 1. The maximum Gasteiger partial charge on any atom is 0.238 e. The number of carbonyl (C=O) groups is 2. The SMILES string of the molecule is O=C(CNCCCC(=O)NC1CC1)Nc1ccccc1F. The predicted octanol–water partition coefficient (Wildman–Crippen LogP) is 1.41. The number of anilines is 1. The van der Waals surface area contributed by atoms with Crippen LogP contribution in [0.3, 0.4) is 0 Å². The molecule has 1 fully saturated rings. The van der Waals surface area contributed by atoms with Gasteiger partial charge in [-0.05, 0) is 37.9 Å². The molecule has 0 unspecified atom stereocenters. The highest BCUT2D eigenvalue weighted by molar-refractivity contribution is 5.92. The molecule has 5 nitrogen and oxygen atoms in total. The van der Waals surface area contributed by atoms with Gasteiger partial charge in [-0.2, -0.15) is 0 Å². The van der Waals surface area contributed by atoms with Crippen molar-refractivity contribution in [2.75, 3.05) is 18.4 Å². The third kappa shape index (κ3) is 5.91. The first-order chi connectivity index (χ1) is 10.1. The molecule has 21 heavy (non-hydrogen) atoms. The van der Waals surface area contributed by atoms with Crippen LogP contribution in [0.4, 0.5) is 10.1 Å². The standard InChI is InChI=1S/C15H20FN3O2/c16-12-4-1-2-5-13(12)19-15(21)10-17-9-3-6-14(20)18-11-7-8-11/h1-2,4-5,11,17H,3,6-10H2,(H,18,20)(H,19,21). The van der Waals surface area contributed by atoms with E-state index in [1.807, 2.05) is 0 Å². The Labute approximate surface area is 123 Å². The van der Waals surface area contributed by atoms with Crippen molar-refractivity contribution in [2.45, 2.75) is 31.7 Å². The summed E-state index contributed by atoms with van der Waals surface area (Å²) in [5.41, 5.74) is 0.174. The van der Waals surface area contributed by atoms with Crippen LogP contribution >= 0.6 is 0 Å². The summed E-state index contributed by atoms with van der Waals surface area (Å²) in [6.07, 6.45) is 3.30. The number of rotatable bonds is 8. The van der Waals surface area contributed by atoms with Gasteiger partial charge in [-0.25, -0.2) is 4.39 Å². The Morgan fingerprint density at radius 2 is 1.95 bits per heavy atom. The van der Waals surface area contributed by atoms with Crippen LogP contribution in [0.5, 0.6) is 0 Å². The van der Waals surface area contributed by atoms with Gasteiger partial charge in [0.15, 0.2) is 0 Å². The quantitative estimate of drug-likeness (QED) is 0.635. The summed E-state index contributed by atoms with van der Waals surface area (Å²) < 4.78 is 13.3. The Balaban J connectivity index is 1.54. The number of amides is 2. The molecule has 0 aliphatic heterocycles. The summed E-state index contributed by atoms with van der Waals surface area (Å²) in [6.45, 7) is 0.668. The fourth-order valence-electron chi connectivity index (χ4n) is 1.86. The first-order valence-corrected chi connectivity index (χ1v) is 7.19. The van der Waals surface area contributed by atoms with Gasteiger partial charge < -0.3 is 16.0 Å². The van der Waals surface area contributed by atoms with Crippen LogP contribution in [-0.4, -0.2) is 30.9 Å². The molecule has 1 aromatic rings. The fraction of sp³-hybridized carbons (Fsp3) is 0.467. The van der Waals surface area contributed by atoms with Gasteiger partial charge >= 0.3 is 0 Å². The molecular formula is C15H20FN3O2. The van der Waals surface area contributed by atoms with Gasteiger partial charge in [-0.3, -0.25) is 9.59 Å². The highest BCUT2D eigenvalue weighted by Gasteiger charge is 2.22. The second kappa shape index (κ2) is 7.73. The summed E-state index contributed by atoms with van der Waals surface area (Å²) in [5.74, 6) is -0.694. The van der Waals surface area contributed by atoms with E-state index >= 15 is 0 Å². The molecule has 1 saturated carbocycles. The van der Waals surface area contributed by atoms with Crippen molar-refractivity contribution in [3.8, 4) is 0 Å². The van der Waals surface area contributed by atoms with Crippen LogP contribution in [0.15, 0.2) is 24.3 Å². The van der Waals surface area contributed by atoms with Gasteiger partial charge in [-0.15, -0.1) is 0 Å².